The zero-order chi connectivity index (χ0) is 38.2. The van der Waals surface area contributed by atoms with E-state index in [1.165, 1.54) is 60.1 Å². The van der Waals surface area contributed by atoms with Crippen molar-refractivity contribution < 1.29 is 0 Å². The molecule has 0 bridgehead atoms. The van der Waals surface area contributed by atoms with Crippen LogP contribution in [0.4, 0.5) is 0 Å². The molecule has 270 valence electrons. The maximum atomic E-state index is 4.99. The smallest absolute Gasteiger partial charge is 0.164 e. The van der Waals surface area contributed by atoms with Gasteiger partial charge in [-0.25, -0.2) is 15.0 Å². The van der Waals surface area contributed by atoms with Gasteiger partial charge in [-0.05, 0) is 70.8 Å². The highest BCUT2D eigenvalue weighted by molar-refractivity contribution is 6.16. The van der Waals surface area contributed by atoms with Crippen LogP contribution in [0.2, 0.25) is 0 Å². The van der Waals surface area contributed by atoms with Gasteiger partial charge in [0.05, 0.1) is 27.8 Å². The van der Waals surface area contributed by atoms with Crippen LogP contribution in [0, 0.1) is 0 Å². The Morgan fingerprint density at radius 3 is 1.43 bits per heavy atom. The van der Waals surface area contributed by atoms with E-state index in [1.54, 1.807) is 0 Å². The van der Waals surface area contributed by atoms with Crippen molar-refractivity contribution in [1.29, 1.82) is 0 Å². The van der Waals surface area contributed by atoms with Gasteiger partial charge in [0, 0.05) is 49.3 Å². The Labute approximate surface area is 333 Å². The molecule has 5 nitrogen and oxygen atoms in total. The van der Waals surface area contributed by atoms with E-state index in [2.05, 4.69) is 149 Å². The fraction of sp³-hybridized carbons (Fsp3) is 0. The number of benzene rings is 9. The summed E-state index contributed by atoms with van der Waals surface area (Å²) in [5.74, 6) is 1.95. The van der Waals surface area contributed by atoms with E-state index in [0.717, 1.165) is 33.2 Å². The Balaban J connectivity index is 1.03. The van der Waals surface area contributed by atoms with Crippen molar-refractivity contribution in [1.82, 2.24) is 24.1 Å². The molecule has 0 spiro atoms. The van der Waals surface area contributed by atoms with Gasteiger partial charge in [0.1, 0.15) is 0 Å². The number of aromatic nitrogens is 5. The van der Waals surface area contributed by atoms with Crippen molar-refractivity contribution in [2.75, 3.05) is 0 Å². The zero-order valence-electron chi connectivity index (χ0n) is 31.3. The summed E-state index contributed by atoms with van der Waals surface area (Å²) in [6.45, 7) is 0. The van der Waals surface area contributed by atoms with Crippen molar-refractivity contribution in [3.05, 3.63) is 200 Å². The van der Waals surface area contributed by atoms with Crippen molar-refractivity contribution in [2.24, 2.45) is 0 Å². The van der Waals surface area contributed by atoms with Crippen LogP contribution < -0.4 is 0 Å². The molecule has 0 aliphatic carbocycles. The number of hydrogen-bond donors (Lipinski definition) is 0. The van der Waals surface area contributed by atoms with Gasteiger partial charge in [0.15, 0.2) is 17.5 Å². The normalized spacial score (nSPS) is 11.8. The molecule has 0 amide bonds. The molecule has 0 unspecified atom stereocenters. The third kappa shape index (κ3) is 5.07. The lowest BCUT2D eigenvalue weighted by Gasteiger charge is -2.14. The van der Waals surface area contributed by atoms with Crippen molar-refractivity contribution >= 4 is 65.2 Å². The number of hydrogen-bond acceptors (Lipinski definition) is 3. The highest BCUT2D eigenvalue weighted by atomic mass is 15.0. The third-order valence-electron chi connectivity index (χ3n) is 11.5. The number of para-hydroxylation sites is 3. The molecule has 0 aliphatic rings. The second-order valence-electron chi connectivity index (χ2n) is 14.9. The van der Waals surface area contributed by atoms with Gasteiger partial charge in [-0.1, -0.05) is 146 Å². The molecular formula is C53H33N5. The van der Waals surface area contributed by atoms with Crippen LogP contribution in [0.15, 0.2) is 200 Å². The molecule has 0 N–H and O–H groups in total. The minimum atomic E-state index is 0.645. The molecule has 0 fully saturated rings. The molecule has 3 heterocycles. The molecule has 3 aromatic heterocycles. The van der Waals surface area contributed by atoms with Gasteiger partial charge >= 0.3 is 0 Å². The van der Waals surface area contributed by atoms with Crippen LogP contribution in [0.25, 0.3) is 111 Å². The van der Waals surface area contributed by atoms with E-state index < -0.39 is 0 Å². The first-order valence-electron chi connectivity index (χ1n) is 19.6. The maximum absolute atomic E-state index is 4.99. The maximum Gasteiger partial charge on any atom is 0.164 e. The lowest BCUT2D eigenvalue weighted by atomic mass is 10.0. The second kappa shape index (κ2) is 12.8. The number of fused-ring (bicyclic) bond motifs is 8. The summed E-state index contributed by atoms with van der Waals surface area (Å²) in [7, 11) is 0. The predicted molar refractivity (Wildman–Crippen MR) is 240 cm³/mol. The molecule has 0 atom stereocenters. The predicted octanol–water partition coefficient (Wildman–Crippen LogP) is 13.4. The molecule has 0 aliphatic heterocycles. The zero-order valence-corrected chi connectivity index (χ0v) is 31.3. The molecule has 0 saturated carbocycles. The Morgan fingerprint density at radius 2 is 0.793 bits per heavy atom. The Morgan fingerprint density at radius 1 is 0.276 bits per heavy atom. The van der Waals surface area contributed by atoms with Crippen LogP contribution in [0.5, 0.6) is 0 Å². The van der Waals surface area contributed by atoms with E-state index in [9.17, 15) is 0 Å². The van der Waals surface area contributed by atoms with Gasteiger partial charge in [-0.15, -0.1) is 0 Å². The molecule has 5 heteroatoms. The molecule has 12 rings (SSSR count). The SMILES string of the molecule is c1ccc(-c2nc(-c3ccccc3)nc(-c3ccc4cc(-n5c6ccccc6c6cc7cccc(-n8c9ccccc9c9ccccc98)c7cc65)ccc4c3)n2)cc1. The first-order chi connectivity index (χ1) is 28.7. The lowest BCUT2D eigenvalue weighted by molar-refractivity contribution is 1.07. The van der Waals surface area contributed by atoms with Crippen LogP contribution in [0.1, 0.15) is 0 Å². The minimum absolute atomic E-state index is 0.645. The average Bonchev–Trinajstić information content (AvgIpc) is 3.80. The van der Waals surface area contributed by atoms with E-state index >= 15 is 0 Å². The summed E-state index contributed by atoms with van der Waals surface area (Å²) in [5.41, 5.74) is 9.88. The monoisotopic (exact) mass is 739 g/mol. The summed E-state index contributed by atoms with van der Waals surface area (Å²) >= 11 is 0. The molecular weight excluding hydrogens is 707 g/mol. The lowest BCUT2D eigenvalue weighted by Crippen LogP contribution is -2.00. The molecule has 0 saturated heterocycles. The third-order valence-corrected chi connectivity index (χ3v) is 11.5. The summed E-state index contributed by atoms with van der Waals surface area (Å²) < 4.78 is 4.85. The van der Waals surface area contributed by atoms with Gasteiger partial charge < -0.3 is 9.13 Å². The molecule has 9 aromatic carbocycles. The van der Waals surface area contributed by atoms with Gasteiger partial charge in [-0.3, -0.25) is 0 Å². The van der Waals surface area contributed by atoms with Gasteiger partial charge in [-0.2, -0.15) is 0 Å². The quantitative estimate of drug-likeness (QED) is 0.177. The van der Waals surface area contributed by atoms with E-state index in [-0.39, 0.29) is 0 Å². The first kappa shape index (κ1) is 32.4. The fourth-order valence-corrected chi connectivity index (χ4v) is 8.83. The largest absolute Gasteiger partial charge is 0.309 e. The van der Waals surface area contributed by atoms with Gasteiger partial charge in [0.2, 0.25) is 0 Å². The topological polar surface area (TPSA) is 48.5 Å². The van der Waals surface area contributed by atoms with Crippen LogP contribution in [-0.4, -0.2) is 24.1 Å². The summed E-state index contributed by atoms with van der Waals surface area (Å²) in [6.07, 6.45) is 0. The summed E-state index contributed by atoms with van der Waals surface area (Å²) in [5, 5.41) is 9.65. The highest BCUT2D eigenvalue weighted by Gasteiger charge is 2.18. The van der Waals surface area contributed by atoms with E-state index in [4.69, 9.17) is 15.0 Å². The van der Waals surface area contributed by atoms with Crippen molar-refractivity contribution in [3.63, 3.8) is 0 Å². The summed E-state index contributed by atoms with van der Waals surface area (Å²) in [6, 6.07) is 71.1. The van der Waals surface area contributed by atoms with E-state index in [1.807, 2.05) is 60.7 Å². The van der Waals surface area contributed by atoms with Crippen LogP contribution >= 0.6 is 0 Å². The van der Waals surface area contributed by atoms with Crippen molar-refractivity contribution in [2.45, 2.75) is 0 Å². The fourth-order valence-electron chi connectivity index (χ4n) is 8.83. The first-order valence-corrected chi connectivity index (χ1v) is 19.6. The van der Waals surface area contributed by atoms with Crippen LogP contribution in [-0.2, 0) is 0 Å². The minimum Gasteiger partial charge on any atom is -0.309 e. The average molecular weight is 740 g/mol. The Hall–Kier alpha value is -7.89. The Bertz CT molecular complexity index is 3450. The highest BCUT2D eigenvalue weighted by Crippen LogP contribution is 2.40. The molecule has 58 heavy (non-hydrogen) atoms. The van der Waals surface area contributed by atoms with Crippen LogP contribution in [0.3, 0.4) is 0 Å². The number of rotatable bonds is 5. The van der Waals surface area contributed by atoms with E-state index in [0.29, 0.717) is 17.5 Å². The second-order valence-corrected chi connectivity index (χ2v) is 14.9. The van der Waals surface area contributed by atoms with Gasteiger partial charge in [0.25, 0.3) is 0 Å². The molecule has 12 aromatic rings. The Kier molecular flexibility index (Phi) is 7.16. The molecule has 0 radical (unpaired) electrons. The standard InChI is InChI=1S/C53H33N5/c1-3-14-34(15-4-1)51-54-52(35-16-5-2-6-17-35)56-53(55-51)39-27-26-37-31-40(29-28-36(37)30-39)57-46-22-10-9-21-43(46)45-32-38-18-13-25-49(44(38)33-50(45)57)58-47-23-11-7-19-41(47)42-20-8-12-24-48(42)58/h1-33H. The van der Waals surface area contributed by atoms with Crippen molar-refractivity contribution in [3.8, 4) is 45.5 Å². The number of nitrogens with zero attached hydrogens (tertiary/aromatic N) is 5. The summed E-state index contributed by atoms with van der Waals surface area (Å²) in [4.78, 5) is 14.9.